The van der Waals surface area contributed by atoms with Crippen molar-refractivity contribution in [2.45, 2.75) is 71.5 Å². The van der Waals surface area contributed by atoms with Gasteiger partial charge in [0.25, 0.3) is 0 Å². The van der Waals surface area contributed by atoms with Gasteiger partial charge in [-0.3, -0.25) is 4.57 Å². The number of rotatable bonds is 12. The zero-order valence-corrected chi connectivity index (χ0v) is 23.8. The Balaban J connectivity index is 0.000000208. The molecule has 4 rings (SSSR count). The standard InChI is InChI=1S/C17H24O3.C12H17O4P/c1-5-12(3)14-7-8-15(13(4)9-14)16(18)19-10-17(6-2)11-20-17;1-3-15-17(13,11-7-5-4-6-8-11)16-10-12(2)9-14-12/h7-9,12H,5-6,10-11H2,1-4H3;4-8H,3,9-10H2,1-2H3. The van der Waals surface area contributed by atoms with E-state index in [9.17, 15) is 9.36 Å². The van der Waals surface area contributed by atoms with Crippen molar-refractivity contribution in [1.29, 1.82) is 0 Å². The van der Waals surface area contributed by atoms with Gasteiger partial charge in [0.1, 0.15) is 17.8 Å². The maximum absolute atomic E-state index is 12.6. The summed E-state index contributed by atoms with van der Waals surface area (Å²) in [5.74, 6) is 0.267. The van der Waals surface area contributed by atoms with Gasteiger partial charge >= 0.3 is 13.6 Å². The molecule has 0 amide bonds. The third kappa shape index (κ3) is 8.23. The number of epoxide rings is 2. The van der Waals surface area contributed by atoms with Crippen LogP contribution in [0.3, 0.4) is 0 Å². The highest BCUT2D eigenvalue weighted by Crippen LogP contribution is 2.48. The van der Waals surface area contributed by atoms with Crippen LogP contribution in [-0.4, -0.2) is 50.2 Å². The van der Waals surface area contributed by atoms with Crippen molar-refractivity contribution in [3.8, 4) is 0 Å². The summed E-state index contributed by atoms with van der Waals surface area (Å²) in [6.07, 6.45) is 1.98. The number of aryl methyl sites for hydroxylation is 1. The van der Waals surface area contributed by atoms with E-state index in [1.165, 1.54) is 5.56 Å². The van der Waals surface area contributed by atoms with Crippen LogP contribution in [0.5, 0.6) is 0 Å². The molecule has 2 aliphatic heterocycles. The quantitative estimate of drug-likeness (QED) is 0.183. The molecular weight excluding hydrogens is 491 g/mol. The largest absolute Gasteiger partial charge is 0.459 e. The Labute approximate surface area is 221 Å². The van der Waals surface area contributed by atoms with Gasteiger partial charge in [-0.2, -0.15) is 0 Å². The summed E-state index contributed by atoms with van der Waals surface area (Å²) < 4.78 is 39.3. The smallest absolute Gasteiger partial charge is 0.361 e. The van der Waals surface area contributed by atoms with E-state index in [0.29, 0.717) is 49.8 Å². The molecule has 8 heteroatoms. The number of carbonyl (C=O) groups excluding carboxylic acids is 1. The first kappa shape index (κ1) is 29.5. The van der Waals surface area contributed by atoms with E-state index < -0.39 is 7.60 Å². The molecule has 2 heterocycles. The van der Waals surface area contributed by atoms with E-state index in [0.717, 1.165) is 18.4 Å². The number of ether oxygens (including phenoxy) is 3. The van der Waals surface area contributed by atoms with Gasteiger partial charge in [-0.25, -0.2) is 4.79 Å². The second-order valence-electron chi connectivity index (χ2n) is 10.0. The SMILES string of the molecule is CCC(C)c1ccc(C(=O)OCC2(CC)CO2)c(C)c1.CCOP(=O)(OCC1(C)CO1)c1ccccc1. The Kier molecular flexibility index (Phi) is 10.1. The average Bonchev–Trinajstić information content (AvgIpc) is 3.84. The molecule has 4 atom stereocenters. The molecule has 0 N–H and O–H groups in total. The van der Waals surface area contributed by atoms with Crippen LogP contribution in [0, 0.1) is 6.92 Å². The number of hydrogen-bond acceptors (Lipinski definition) is 7. The van der Waals surface area contributed by atoms with Crippen molar-refractivity contribution in [3.63, 3.8) is 0 Å². The van der Waals surface area contributed by atoms with Gasteiger partial charge in [-0.1, -0.05) is 51.1 Å². The van der Waals surface area contributed by atoms with Gasteiger partial charge in [0.05, 0.1) is 37.3 Å². The lowest BCUT2D eigenvalue weighted by molar-refractivity contribution is 0.0389. The van der Waals surface area contributed by atoms with Gasteiger partial charge in [0, 0.05) is 0 Å². The molecule has 0 aromatic heterocycles. The van der Waals surface area contributed by atoms with Gasteiger partial charge in [0.2, 0.25) is 0 Å². The molecule has 2 saturated heterocycles. The van der Waals surface area contributed by atoms with Crippen molar-refractivity contribution in [3.05, 3.63) is 65.2 Å². The maximum Gasteiger partial charge on any atom is 0.361 e. The van der Waals surface area contributed by atoms with Crippen LogP contribution in [0.4, 0.5) is 0 Å². The predicted molar refractivity (Wildman–Crippen MR) is 145 cm³/mol. The van der Waals surface area contributed by atoms with Gasteiger partial charge < -0.3 is 23.3 Å². The zero-order chi connectivity index (χ0) is 27.1. The van der Waals surface area contributed by atoms with Gasteiger partial charge in [0.15, 0.2) is 0 Å². The molecule has 2 aromatic rings. The molecule has 2 fully saturated rings. The van der Waals surface area contributed by atoms with E-state index in [-0.39, 0.29) is 17.2 Å². The zero-order valence-electron chi connectivity index (χ0n) is 23.0. The first-order valence-electron chi connectivity index (χ1n) is 13.1. The Morgan fingerprint density at radius 2 is 1.70 bits per heavy atom. The highest BCUT2D eigenvalue weighted by atomic mass is 31.2. The highest BCUT2D eigenvalue weighted by molar-refractivity contribution is 7.62. The number of carbonyl (C=O) groups is 1. The minimum absolute atomic E-state index is 0.208. The Morgan fingerprint density at radius 1 is 1.03 bits per heavy atom. The molecule has 0 aliphatic carbocycles. The molecule has 4 unspecified atom stereocenters. The van der Waals surface area contributed by atoms with Gasteiger partial charge in [-0.05, 0) is 68.9 Å². The van der Waals surface area contributed by atoms with Crippen LogP contribution in [-0.2, 0) is 27.8 Å². The number of benzene rings is 2. The van der Waals surface area contributed by atoms with Crippen LogP contribution in [0.25, 0.3) is 0 Å². The summed E-state index contributed by atoms with van der Waals surface area (Å²) in [4.78, 5) is 12.1. The molecule has 0 saturated carbocycles. The molecule has 0 bridgehead atoms. The second kappa shape index (κ2) is 12.7. The molecule has 204 valence electrons. The monoisotopic (exact) mass is 532 g/mol. The molecule has 7 nitrogen and oxygen atoms in total. The van der Waals surface area contributed by atoms with Gasteiger partial charge in [-0.15, -0.1) is 0 Å². The molecular formula is C29H41O7P. The second-order valence-corrected chi connectivity index (χ2v) is 12.1. The maximum atomic E-state index is 12.6. The summed E-state index contributed by atoms with van der Waals surface area (Å²) in [6, 6.07) is 15.0. The lowest BCUT2D eigenvalue weighted by atomic mass is 9.95. The van der Waals surface area contributed by atoms with E-state index >= 15 is 0 Å². The Hall–Kier alpha value is -2.02. The third-order valence-electron chi connectivity index (χ3n) is 6.86. The van der Waals surface area contributed by atoms with E-state index in [1.54, 1.807) is 19.1 Å². The minimum atomic E-state index is -3.21. The summed E-state index contributed by atoms with van der Waals surface area (Å²) in [5.41, 5.74) is 2.41. The number of esters is 1. The van der Waals surface area contributed by atoms with Crippen molar-refractivity contribution in [1.82, 2.24) is 0 Å². The normalized spacial score (nSPS) is 24.3. The van der Waals surface area contributed by atoms with Crippen LogP contribution in [0.2, 0.25) is 0 Å². The third-order valence-corrected chi connectivity index (χ3v) is 8.86. The van der Waals surface area contributed by atoms with Crippen LogP contribution in [0.1, 0.15) is 74.9 Å². The fourth-order valence-electron chi connectivity index (χ4n) is 3.62. The lowest BCUT2D eigenvalue weighted by Crippen LogP contribution is -2.21. The first-order chi connectivity index (χ1) is 17.6. The van der Waals surface area contributed by atoms with Crippen molar-refractivity contribution in [2.75, 3.05) is 33.0 Å². The van der Waals surface area contributed by atoms with Crippen LogP contribution < -0.4 is 5.30 Å². The van der Waals surface area contributed by atoms with Crippen LogP contribution in [0.15, 0.2) is 48.5 Å². The molecule has 2 aliphatic rings. The number of hydrogen-bond donors (Lipinski definition) is 0. The molecule has 37 heavy (non-hydrogen) atoms. The average molecular weight is 533 g/mol. The first-order valence-corrected chi connectivity index (χ1v) is 14.6. The Morgan fingerprint density at radius 3 is 2.22 bits per heavy atom. The highest BCUT2D eigenvalue weighted by Gasteiger charge is 2.44. The Bertz CT molecular complexity index is 1080. The van der Waals surface area contributed by atoms with E-state index in [4.69, 9.17) is 23.3 Å². The van der Waals surface area contributed by atoms with Crippen molar-refractivity contribution in [2.24, 2.45) is 0 Å². The fourth-order valence-corrected chi connectivity index (χ4v) is 5.31. The molecule has 0 radical (unpaired) electrons. The van der Waals surface area contributed by atoms with Crippen LogP contribution >= 0.6 is 7.60 Å². The summed E-state index contributed by atoms with van der Waals surface area (Å²) in [5, 5.41) is 0.589. The predicted octanol–water partition coefficient (Wildman–Crippen LogP) is 6.19. The summed E-state index contributed by atoms with van der Waals surface area (Å²) >= 11 is 0. The van der Waals surface area contributed by atoms with E-state index in [1.807, 2.05) is 51.1 Å². The minimum Gasteiger partial charge on any atom is -0.459 e. The fraction of sp³-hybridized carbons (Fsp3) is 0.552. The van der Waals surface area contributed by atoms with Crippen molar-refractivity contribution < 1.29 is 32.6 Å². The van der Waals surface area contributed by atoms with Crippen molar-refractivity contribution >= 4 is 18.9 Å². The molecule has 2 aromatic carbocycles. The topological polar surface area (TPSA) is 86.9 Å². The summed E-state index contributed by atoms with van der Waals surface area (Å²) in [6.45, 7) is 14.4. The lowest BCUT2D eigenvalue weighted by Gasteiger charge is -2.19. The van der Waals surface area contributed by atoms with E-state index in [2.05, 4.69) is 19.9 Å². The summed E-state index contributed by atoms with van der Waals surface area (Å²) in [7, 11) is -3.21. The molecule has 0 spiro atoms.